The lowest BCUT2D eigenvalue weighted by molar-refractivity contribution is -0.133. The van der Waals surface area contributed by atoms with Gasteiger partial charge in [0.15, 0.2) is 0 Å². The third kappa shape index (κ3) is 5.78. The van der Waals surface area contributed by atoms with Gasteiger partial charge < -0.3 is 16.0 Å². The van der Waals surface area contributed by atoms with Crippen molar-refractivity contribution in [2.24, 2.45) is 11.7 Å². The summed E-state index contributed by atoms with van der Waals surface area (Å²) in [6.45, 7) is 1.36. The molecule has 0 saturated carbocycles. The van der Waals surface area contributed by atoms with Crippen LogP contribution in [0.3, 0.4) is 0 Å². The molecule has 162 valence electrons. The van der Waals surface area contributed by atoms with E-state index in [-0.39, 0.29) is 24.3 Å². The smallest absolute Gasteiger partial charge is 0.261 e. The topological polar surface area (TPSA) is 125 Å². The van der Waals surface area contributed by atoms with Crippen molar-refractivity contribution < 1.29 is 19.6 Å². The van der Waals surface area contributed by atoms with Crippen LogP contribution in [0, 0.1) is 5.92 Å². The number of hydrogen-bond acceptors (Lipinski definition) is 6. The number of benzene rings is 1. The molecule has 1 atom stereocenters. The van der Waals surface area contributed by atoms with Gasteiger partial charge in [-0.15, -0.1) is 11.3 Å². The molecular weight excluding hydrogens is 404 g/mol. The second kappa shape index (κ2) is 10.5. The number of amides is 3. The highest BCUT2D eigenvalue weighted by atomic mass is 32.1. The Morgan fingerprint density at radius 1 is 1.23 bits per heavy atom. The van der Waals surface area contributed by atoms with E-state index in [1.807, 2.05) is 30.3 Å². The predicted molar refractivity (Wildman–Crippen MR) is 115 cm³/mol. The molecule has 1 fully saturated rings. The first-order valence-electron chi connectivity index (χ1n) is 10.2. The van der Waals surface area contributed by atoms with Crippen molar-refractivity contribution in [1.82, 2.24) is 15.7 Å². The van der Waals surface area contributed by atoms with Crippen LogP contribution in [-0.4, -0.2) is 53.5 Å². The van der Waals surface area contributed by atoms with Gasteiger partial charge >= 0.3 is 0 Å². The SMILES string of the molecule is N[C@@H](CNC(=O)c1cc2ccccc2s1)C(=O)N1CCC(CCCC(=O)NO)CC1. The van der Waals surface area contributed by atoms with Gasteiger partial charge in [0.1, 0.15) is 6.04 Å². The maximum absolute atomic E-state index is 12.6. The van der Waals surface area contributed by atoms with E-state index < -0.39 is 6.04 Å². The zero-order chi connectivity index (χ0) is 21.5. The summed E-state index contributed by atoms with van der Waals surface area (Å²) in [5.74, 6) is -0.273. The van der Waals surface area contributed by atoms with Crippen LogP contribution in [-0.2, 0) is 9.59 Å². The Hall–Kier alpha value is -2.49. The molecule has 3 amide bonds. The van der Waals surface area contributed by atoms with Crippen LogP contribution in [0.2, 0.25) is 0 Å². The van der Waals surface area contributed by atoms with Gasteiger partial charge in [-0.2, -0.15) is 0 Å². The zero-order valence-corrected chi connectivity index (χ0v) is 17.6. The number of thiophene rings is 1. The van der Waals surface area contributed by atoms with Crippen molar-refractivity contribution in [3.8, 4) is 0 Å². The quantitative estimate of drug-likeness (QED) is 0.374. The van der Waals surface area contributed by atoms with E-state index in [9.17, 15) is 14.4 Å². The molecular formula is C21H28N4O4S. The monoisotopic (exact) mass is 432 g/mol. The van der Waals surface area contributed by atoms with Crippen molar-refractivity contribution in [3.05, 3.63) is 35.2 Å². The van der Waals surface area contributed by atoms with Gasteiger partial charge in [0, 0.05) is 30.8 Å². The van der Waals surface area contributed by atoms with E-state index in [0.717, 1.165) is 29.3 Å². The molecule has 0 unspecified atom stereocenters. The van der Waals surface area contributed by atoms with Gasteiger partial charge in [0.2, 0.25) is 11.8 Å². The summed E-state index contributed by atoms with van der Waals surface area (Å²) in [6, 6.07) is 8.87. The fraction of sp³-hybridized carbons (Fsp3) is 0.476. The van der Waals surface area contributed by atoms with Gasteiger partial charge in [-0.3, -0.25) is 19.6 Å². The number of nitrogens with zero attached hydrogens (tertiary/aromatic N) is 1. The molecule has 1 aromatic heterocycles. The van der Waals surface area contributed by atoms with Crippen LogP contribution in [0.25, 0.3) is 10.1 Å². The summed E-state index contributed by atoms with van der Waals surface area (Å²) < 4.78 is 1.04. The lowest BCUT2D eigenvalue weighted by Gasteiger charge is -2.33. The van der Waals surface area contributed by atoms with Crippen molar-refractivity contribution in [2.45, 2.75) is 38.1 Å². The first-order chi connectivity index (χ1) is 14.5. The average Bonchev–Trinajstić information content (AvgIpc) is 3.21. The van der Waals surface area contributed by atoms with Gasteiger partial charge in [-0.05, 0) is 49.1 Å². The molecule has 0 aliphatic carbocycles. The van der Waals surface area contributed by atoms with E-state index >= 15 is 0 Å². The minimum Gasteiger partial charge on any atom is -0.349 e. The number of hydrogen-bond donors (Lipinski definition) is 4. The molecule has 1 aliphatic heterocycles. The zero-order valence-electron chi connectivity index (χ0n) is 16.8. The Morgan fingerprint density at radius 3 is 2.67 bits per heavy atom. The molecule has 9 heteroatoms. The van der Waals surface area contributed by atoms with Crippen LogP contribution in [0.5, 0.6) is 0 Å². The molecule has 8 nitrogen and oxygen atoms in total. The second-order valence-electron chi connectivity index (χ2n) is 7.66. The van der Waals surface area contributed by atoms with E-state index in [1.165, 1.54) is 11.3 Å². The number of nitrogens with one attached hydrogen (secondary N) is 2. The fourth-order valence-corrected chi connectivity index (χ4v) is 4.73. The molecule has 1 saturated heterocycles. The van der Waals surface area contributed by atoms with E-state index in [2.05, 4.69) is 5.32 Å². The number of fused-ring (bicyclic) bond motifs is 1. The second-order valence-corrected chi connectivity index (χ2v) is 8.74. The number of nitrogens with two attached hydrogens (primary N) is 1. The number of likely N-dealkylation sites (tertiary alicyclic amines) is 1. The minimum atomic E-state index is -0.770. The lowest BCUT2D eigenvalue weighted by atomic mass is 9.91. The number of piperidine rings is 1. The molecule has 2 heterocycles. The molecule has 0 bridgehead atoms. The van der Waals surface area contributed by atoms with Crippen LogP contribution < -0.4 is 16.5 Å². The Labute approximate surface area is 179 Å². The van der Waals surface area contributed by atoms with E-state index in [1.54, 1.807) is 10.4 Å². The third-order valence-corrected chi connectivity index (χ3v) is 6.63. The first kappa shape index (κ1) is 22.2. The number of carbonyl (C=O) groups excluding carboxylic acids is 3. The molecule has 1 aliphatic rings. The Bertz CT molecular complexity index is 859. The maximum atomic E-state index is 12.6. The van der Waals surface area contributed by atoms with Crippen LogP contribution in [0.1, 0.15) is 41.8 Å². The van der Waals surface area contributed by atoms with Crippen molar-refractivity contribution in [1.29, 1.82) is 0 Å². The van der Waals surface area contributed by atoms with Crippen molar-refractivity contribution >= 4 is 39.1 Å². The maximum Gasteiger partial charge on any atom is 0.261 e. The third-order valence-electron chi connectivity index (χ3n) is 5.52. The van der Waals surface area contributed by atoms with Crippen LogP contribution in [0.15, 0.2) is 30.3 Å². The van der Waals surface area contributed by atoms with Gasteiger partial charge in [-0.25, -0.2) is 5.48 Å². The average molecular weight is 433 g/mol. The van der Waals surface area contributed by atoms with Gasteiger partial charge in [0.05, 0.1) is 4.88 Å². The first-order valence-corrected chi connectivity index (χ1v) is 11.0. The van der Waals surface area contributed by atoms with Gasteiger partial charge in [0.25, 0.3) is 5.91 Å². The summed E-state index contributed by atoms with van der Waals surface area (Å²) in [6.07, 6.45) is 3.65. The normalized spacial score (nSPS) is 15.7. The van der Waals surface area contributed by atoms with Crippen molar-refractivity contribution in [2.75, 3.05) is 19.6 Å². The summed E-state index contributed by atoms with van der Waals surface area (Å²) >= 11 is 1.42. The lowest BCUT2D eigenvalue weighted by Crippen LogP contribution is -2.51. The Kier molecular flexibility index (Phi) is 7.78. The highest BCUT2D eigenvalue weighted by Gasteiger charge is 2.26. The summed E-state index contributed by atoms with van der Waals surface area (Å²) in [5.41, 5.74) is 7.68. The van der Waals surface area contributed by atoms with E-state index in [4.69, 9.17) is 10.9 Å². The summed E-state index contributed by atoms with van der Waals surface area (Å²) in [5, 5.41) is 12.3. The predicted octanol–water partition coefficient (Wildman–Crippen LogP) is 1.87. The highest BCUT2D eigenvalue weighted by Crippen LogP contribution is 2.25. The standard InChI is InChI=1S/C21H28N4O4S/c22-16(13-23-20(27)18-12-15-5-1-2-6-17(15)30-18)21(28)25-10-8-14(9-11-25)4-3-7-19(26)24-29/h1-2,5-6,12,14,16,29H,3-4,7-11,13,22H2,(H,23,27)(H,24,26)/t16-/m0/s1. The molecule has 0 spiro atoms. The Morgan fingerprint density at radius 2 is 1.97 bits per heavy atom. The molecule has 2 aromatic rings. The fourth-order valence-electron chi connectivity index (χ4n) is 3.75. The molecule has 3 rings (SSSR count). The van der Waals surface area contributed by atoms with Crippen molar-refractivity contribution in [3.63, 3.8) is 0 Å². The van der Waals surface area contributed by atoms with Crippen LogP contribution >= 0.6 is 11.3 Å². The minimum absolute atomic E-state index is 0.0993. The number of rotatable bonds is 8. The number of hydroxylamine groups is 1. The summed E-state index contributed by atoms with van der Waals surface area (Å²) in [7, 11) is 0. The van der Waals surface area contributed by atoms with Crippen LogP contribution in [0.4, 0.5) is 0 Å². The molecule has 5 N–H and O–H groups in total. The van der Waals surface area contributed by atoms with Gasteiger partial charge in [-0.1, -0.05) is 18.2 Å². The van der Waals surface area contributed by atoms with E-state index in [0.29, 0.717) is 36.7 Å². The molecule has 30 heavy (non-hydrogen) atoms. The number of carbonyl (C=O) groups is 3. The largest absolute Gasteiger partial charge is 0.349 e. The highest BCUT2D eigenvalue weighted by molar-refractivity contribution is 7.20. The molecule has 0 radical (unpaired) electrons. The summed E-state index contributed by atoms with van der Waals surface area (Å²) in [4.78, 5) is 38.4. The molecule has 1 aromatic carbocycles. The Balaban J connectivity index is 1.40.